The smallest absolute Gasteiger partial charge is 0.256 e. The number of anilines is 1. The van der Waals surface area contributed by atoms with Gasteiger partial charge >= 0.3 is 0 Å². The van der Waals surface area contributed by atoms with Crippen molar-refractivity contribution in [1.82, 2.24) is 5.48 Å². The number of para-hydroxylation sites is 1. The number of rotatable bonds is 15. The van der Waals surface area contributed by atoms with E-state index in [1.807, 2.05) is 78.9 Å². The fourth-order valence-electron chi connectivity index (χ4n) is 4.08. The maximum Gasteiger partial charge on any atom is 0.256 e. The van der Waals surface area contributed by atoms with E-state index in [0.29, 0.717) is 25.8 Å². The quantitative estimate of drug-likeness (QED) is 0.161. The second-order valence-corrected chi connectivity index (χ2v) is 8.89. The summed E-state index contributed by atoms with van der Waals surface area (Å²) >= 11 is 0. The van der Waals surface area contributed by atoms with E-state index in [4.69, 9.17) is 19.4 Å². The van der Waals surface area contributed by atoms with E-state index < -0.39 is 12.0 Å². The third-order valence-corrected chi connectivity index (χ3v) is 6.19. The predicted molar refractivity (Wildman–Crippen MR) is 145 cm³/mol. The molecule has 0 aromatic heterocycles. The van der Waals surface area contributed by atoms with Crippen LogP contribution in [0.25, 0.3) is 0 Å². The van der Waals surface area contributed by atoms with Gasteiger partial charge in [-0.05, 0) is 60.4 Å². The summed E-state index contributed by atoms with van der Waals surface area (Å²) in [5.41, 5.74) is 4.30. The molecule has 0 aliphatic rings. The number of unbranched alkanes of at least 4 members (excludes halogenated alkanes) is 2. The van der Waals surface area contributed by atoms with Crippen LogP contribution in [0.4, 0.5) is 5.69 Å². The number of carbonyl (C=O) groups is 2. The highest BCUT2D eigenvalue weighted by atomic mass is 16.5. The number of nitrogens with zero attached hydrogens (tertiary/aromatic N) is 1. The van der Waals surface area contributed by atoms with Crippen molar-refractivity contribution in [3.63, 3.8) is 0 Å². The monoisotopic (exact) mass is 520 g/mol. The van der Waals surface area contributed by atoms with Gasteiger partial charge in [-0.15, -0.1) is 0 Å². The first-order chi connectivity index (χ1) is 18.5. The van der Waals surface area contributed by atoms with Crippen molar-refractivity contribution in [2.45, 2.75) is 51.4 Å². The van der Waals surface area contributed by atoms with E-state index in [9.17, 15) is 9.59 Å². The summed E-state index contributed by atoms with van der Waals surface area (Å²) in [6, 6.07) is 24.8. The van der Waals surface area contributed by atoms with Crippen molar-refractivity contribution in [2.75, 3.05) is 19.1 Å². The third-order valence-electron chi connectivity index (χ3n) is 6.19. The molecule has 0 bridgehead atoms. The Balaban J connectivity index is 1.78. The minimum atomic E-state index is -0.689. The van der Waals surface area contributed by atoms with Crippen molar-refractivity contribution in [1.29, 1.82) is 0 Å². The van der Waals surface area contributed by atoms with Crippen LogP contribution in [-0.4, -0.2) is 37.3 Å². The van der Waals surface area contributed by atoms with E-state index in [0.717, 1.165) is 34.7 Å². The van der Waals surface area contributed by atoms with Gasteiger partial charge in [0.2, 0.25) is 5.91 Å². The molecule has 0 saturated heterocycles. The molecule has 0 spiro atoms. The van der Waals surface area contributed by atoms with Crippen LogP contribution in [0, 0.1) is 0 Å². The van der Waals surface area contributed by atoms with Crippen LogP contribution in [0.3, 0.4) is 0 Å². The van der Waals surface area contributed by atoms with Crippen molar-refractivity contribution >= 4 is 17.5 Å². The molecule has 2 N–H and O–H groups in total. The first-order valence-electron chi connectivity index (χ1n) is 12.7. The zero-order valence-corrected chi connectivity index (χ0v) is 22.0. The highest BCUT2D eigenvalue weighted by Gasteiger charge is 2.26. The van der Waals surface area contributed by atoms with Gasteiger partial charge in [0, 0.05) is 12.1 Å². The number of hydrogen-bond acceptors (Lipinski definition) is 6. The molecule has 0 saturated carbocycles. The Labute approximate surface area is 224 Å². The molecule has 1 unspecified atom stereocenters. The van der Waals surface area contributed by atoms with E-state index in [-0.39, 0.29) is 18.9 Å². The first kappa shape index (κ1) is 28.7. The summed E-state index contributed by atoms with van der Waals surface area (Å²) in [7, 11) is 3.23. The SMILES string of the molecule is COc1ccc(CN(C(=O)C(CCCCCC(=O)NO)OCc2cccc(OC)c2)c2ccccc2)cc1. The largest absolute Gasteiger partial charge is 0.497 e. The number of amides is 2. The van der Waals surface area contributed by atoms with Crippen LogP contribution >= 0.6 is 0 Å². The van der Waals surface area contributed by atoms with Gasteiger partial charge in [0.25, 0.3) is 5.91 Å². The van der Waals surface area contributed by atoms with Gasteiger partial charge < -0.3 is 19.1 Å². The fraction of sp³-hybridized carbons (Fsp3) is 0.333. The van der Waals surface area contributed by atoms with E-state index in [1.54, 1.807) is 24.6 Å². The number of nitrogens with one attached hydrogen (secondary N) is 1. The molecule has 0 heterocycles. The second kappa shape index (κ2) is 15.4. The molecule has 3 aromatic rings. The van der Waals surface area contributed by atoms with E-state index in [2.05, 4.69) is 0 Å². The van der Waals surface area contributed by atoms with Gasteiger partial charge in [-0.25, -0.2) is 5.48 Å². The van der Waals surface area contributed by atoms with Gasteiger partial charge in [0.1, 0.15) is 17.6 Å². The van der Waals surface area contributed by atoms with Gasteiger partial charge in [-0.1, -0.05) is 55.3 Å². The zero-order chi connectivity index (χ0) is 27.2. The molecular weight excluding hydrogens is 484 g/mol. The Morgan fingerprint density at radius 2 is 1.58 bits per heavy atom. The first-order valence-corrected chi connectivity index (χ1v) is 12.7. The number of ether oxygens (including phenoxy) is 3. The summed E-state index contributed by atoms with van der Waals surface area (Å²) in [4.78, 5) is 27.1. The Bertz CT molecular complexity index is 1140. The van der Waals surface area contributed by atoms with Gasteiger partial charge in [0.15, 0.2) is 0 Å². The minimum Gasteiger partial charge on any atom is -0.497 e. The van der Waals surface area contributed by atoms with Crippen molar-refractivity contribution < 1.29 is 29.0 Å². The fourth-order valence-corrected chi connectivity index (χ4v) is 4.08. The van der Waals surface area contributed by atoms with Crippen molar-refractivity contribution in [3.8, 4) is 11.5 Å². The highest BCUT2D eigenvalue weighted by Crippen LogP contribution is 2.23. The highest BCUT2D eigenvalue weighted by molar-refractivity contribution is 5.96. The Morgan fingerprint density at radius 1 is 0.842 bits per heavy atom. The predicted octanol–water partition coefficient (Wildman–Crippen LogP) is 5.28. The van der Waals surface area contributed by atoms with Crippen LogP contribution in [0.5, 0.6) is 11.5 Å². The lowest BCUT2D eigenvalue weighted by Gasteiger charge is -2.28. The molecule has 3 rings (SSSR count). The lowest BCUT2D eigenvalue weighted by molar-refractivity contribution is -0.132. The lowest BCUT2D eigenvalue weighted by atomic mass is 10.1. The third kappa shape index (κ3) is 8.90. The van der Waals surface area contributed by atoms with Gasteiger partial charge in [-0.2, -0.15) is 0 Å². The molecule has 0 radical (unpaired) electrons. The molecule has 8 nitrogen and oxygen atoms in total. The van der Waals surface area contributed by atoms with Crippen LogP contribution in [0.2, 0.25) is 0 Å². The number of hydrogen-bond donors (Lipinski definition) is 2. The van der Waals surface area contributed by atoms with Crippen LogP contribution in [0.15, 0.2) is 78.9 Å². The van der Waals surface area contributed by atoms with Gasteiger partial charge in [-0.3, -0.25) is 14.8 Å². The normalized spacial score (nSPS) is 11.4. The number of methoxy groups -OCH3 is 2. The molecule has 38 heavy (non-hydrogen) atoms. The summed E-state index contributed by atoms with van der Waals surface area (Å²) < 4.78 is 16.8. The van der Waals surface area contributed by atoms with E-state index in [1.165, 1.54) is 0 Å². The minimum absolute atomic E-state index is 0.136. The standard InChI is InChI=1S/C30H36N2O6/c1-36-26-18-16-23(17-19-26)21-32(25-11-5-3-6-12-25)30(34)28(14-7-4-8-15-29(33)31-35)38-22-24-10-9-13-27(20-24)37-2/h3,5-6,9-13,16-20,28,35H,4,7-8,14-15,21-22H2,1-2H3,(H,31,33). The Kier molecular flexibility index (Phi) is 11.6. The average Bonchev–Trinajstić information content (AvgIpc) is 2.97. The molecule has 1 atom stereocenters. The topological polar surface area (TPSA) is 97.3 Å². The van der Waals surface area contributed by atoms with Crippen molar-refractivity contribution in [3.05, 3.63) is 90.0 Å². The summed E-state index contributed by atoms with van der Waals surface area (Å²) in [5, 5.41) is 8.70. The number of hydroxylamine groups is 1. The maximum absolute atomic E-state index is 14.0. The molecule has 202 valence electrons. The second-order valence-electron chi connectivity index (χ2n) is 8.89. The molecule has 2 amide bonds. The zero-order valence-electron chi connectivity index (χ0n) is 22.0. The van der Waals surface area contributed by atoms with Crippen LogP contribution in [-0.2, 0) is 27.5 Å². The van der Waals surface area contributed by atoms with Crippen molar-refractivity contribution in [2.24, 2.45) is 0 Å². The maximum atomic E-state index is 14.0. The van der Waals surface area contributed by atoms with Crippen LogP contribution < -0.4 is 19.9 Å². The van der Waals surface area contributed by atoms with Crippen LogP contribution in [0.1, 0.15) is 43.2 Å². The summed E-state index contributed by atoms with van der Waals surface area (Å²) in [5.74, 6) is 0.923. The Morgan fingerprint density at radius 3 is 2.26 bits per heavy atom. The molecule has 8 heteroatoms. The number of carbonyl (C=O) groups excluding carboxylic acids is 2. The molecule has 3 aromatic carbocycles. The number of benzene rings is 3. The molecular formula is C30H36N2O6. The Hall–Kier alpha value is -3.88. The molecule has 0 aliphatic heterocycles. The molecule has 0 fully saturated rings. The average molecular weight is 521 g/mol. The summed E-state index contributed by atoms with van der Waals surface area (Å²) in [6.45, 7) is 0.633. The summed E-state index contributed by atoms with van der Waals surface area (Å²) in [6.07, 6.45) is 2.06. The van der Waals surface area contributed by atoms with Gasteiger partial charge in [0.05, 0.1) is 27.4 Å². The lowest BCUT2D eigenvalue weighted by Crippen LogP contribution is -2.40. The van der Waals surface area contributed by atoms with E-state index >= 15 is 0 Å². The molecule has 0 aliphatic carbocycles.